The molecular weight excluding hydrogens is 114 g/mol. The Morgan fingerprint density at radius 1 is 1.56 bits per heavy atom. The first kappa shape index (κ1) is 8.63. The maximum Gasteiger partial charge on any atom is 0.120 e. The summed E-state index contributed by atoms with van der Waals surface area (Å²) >= 11 is 0. The molecule has 0 amide bonds. The third-order valence-electron chi connectivity index (χ3n) is 1.31. The lowest BCUT2D eigenvalue weighted by molar-refractivity contribution is -0.108. The second kappa shape index (κ2) is 5.76. The van der Waals surface area contributed by atoms with E-state index < -0.39 is 0 Å². The average Bonchev–Trinajstić information content (AvgIpc) is 1.85. The van der Waals surface area contributed by atoms with Crippen molar-refractivity contribution in [3.8, 4) is 0 Å². The predicted molar refractivity (Wildman–Crippen MR) is 38.2 cm³/mol. The Kier molecular flexibility index (Phi) is 5.52. The summed E-state index contributed by atoms with van der Waals surface area (Å²) in [5.74, 6) is 0. The van der Waals surface area contributed by atoms with Crippen LogP contribution in [0.25, 0.3) is 0 Å². The van der Waals surface area contributed by atoms with E-state index >= 15 is 0 Å². The zero-order chi connectivity index (χ0) is 7.11. The van der Waals surface area contributed by atoms with Gasteiger partial charge >= 0.3 is 0 Å². The van der Waals surface area contributed by atoms with E-state index in [2.05, 4.69) is 6.92 Å². The van der Waals surface area contributed by atoms with Gasteiger partial charge in [0.15, 0.2) is 0 Å². The third kappa shape index (κ3) is 5.50. The van der Waals surface area contributed by atoms with E-state index in [1.807, 2.05) is 0 Å². The number of aldehydes is 1. The van der Waals surface area contributed by atoms with Crippen LogP contribution >= 0.6 is 0 Å². The fourth-order valence-electron chi connectivity index (χ4n) is 0.797. The van der Waals surface area contributed by atoms with Crippen molar-refractivity contribution in [1.29, 1.82) is 0 Å². The highest BCUT2D eigenvalue weighted by atomic mass is 16.1. The number of hydrogen-bond acceptors (Lipinski definition) is 2. The summed E-state index contributed by atoms with van der Waals surface area (Å²) in [5, 5.41) is 0. The Morgan fingerprint density at radius 3 is 2.67 bits per heavy atom. The van der Waals surface area contributed by atoms with Crippen LogP contribution in [-0.4, -0.2) is 12.3 Å². The monoisotopic (exact) mass is 129 g/mol. The average molecular weight is 129 g/mol. The normalized spacial score (nSPS) is 13.1. The molecule has 2 nitrogen and oxygen atoms in total. The van der Waals surface area contributed by atoms with E-state index in [1.54, 1.807) is 0 Å². The molecule has 1 atom stereocenters. The van der Waals surface area contributed by atoms with E-state index in [0.717, 1.165) is 25.5 Å². The van der Waals surface area contributed by atoms with Gasteiger partial charge in [0.05, 0.1) is 0 Å². The molecule has 1 unspecified atom stereocenters. The van der Waals surface area contributed by atoms with Gasteiger partial charge in [-0.3, -0.25) is 0 Å². The van der Waals surface area contributed by atoms with Crippen LogP contribution in [0.15, 0.2) is 0 Å². The molecule has 9 heavy (non-hydrogen) atoms. The highest BCUT2D eigenvalue weighted by molar-refractivity contribution is 5.49. The van der Waals surface area contributed by atoms with Crippen molar-refractivity contribution in [2.45, 2.75) is 38.6 Å². The fourth-order valence-corrected chi connectivity index (χ4v) is 0.797. The lowest BCUT2D eigenvalue weighted by atomic mass is 10.1. The first-order valence-corrected chi connectivity index (χ1v) is 3.50. The van der Waals surface area contributed by atoms with Crippen LogP contribution in [-0.2, 0) is 4.79 Å². The Labute approximate surface area is 56.4 Å². The predicted octanol–water partition coefficient (Wildman–Crippen LogP) is 1.09. The molecule has 0 aromatic rings. The second-order valence-electron chi connectivity index (χ2n) is 2.29. The molecule has 54 valence electrons. The third-order valence-corrected chi connectivity index (χ3v) is 1.31. The molecule has 0 rings (SSSR count). The molecule has 2 heteroatoms. The van der Waals surface area contributed by atoms with E-state index in [1.165, 1.54) is 0 Å². The van der Waals surface area contributed by atoms with Crippen molar-refractivity contribution in [3.63, 3.8) is 0 Å². The number of rotatable bonds is 5. The summed E-state index contributed by atoms with van der Waals surface area (Å²) in [7, 11) is 0. The first-order chi connectivity index (χ1) is 4.31. The molecule has 2 N–H and O–H groups in total. The Morgan fingerprint density at radius 2 is 2.22 bits per heavy atom. The van der Waals surface area contributed by atoms with Crippen LogP contribution in [0, 0.1) is 0 Å². The highest BCUT2D eigenvalue weighted by Crippen LogP contribution is 1.99. The topological polar surface area (TPSA) is 43.1 Å². The van der Waals surface area contributed by atoms with Crippen LogP contribution in [0.5, 0.6) is 0 Å². The van der Waals surface area contributed by atoms with Gasteiger partial charge in [-0.2, -0.15) is 0 Å². The molecule has 0 aliphatic rings. The van der Waals surface area contributed by atoms with Crippen molar-refractivity contribution in [2.75, 3.05) is 0 Å². The lowest BCUT2D eigenvalue weighted by Gasteiger charge is -2.05. The Balaban J connectivity index is 3.04. The number of nitrogens with two attached hydrogens (primary N) is 1. The lowest BCUT2D eigenvalue weighted by Crippen LogP contribution is -2.19. The van der Waals surface area contributed by atoms with E-state index in [-0.39, 0.29) is 6.04 Å². The second-order valence-corrected chi connectivity index (χ2v) is 2.29. The quantitative estimate of drug-likeness (QED) is 0.565. The van der Waals surface area contributed by atoms with Gasteiger partial charge in [0.1, 0.15) is 6.29 Å². The zero-order valence-corrected chi connectivity index (χ0v) is 5.97. The molecule has 0 aliphatic heterocycles. The van der Waals surface area contributed by atoms with Gasteiger partial charge in [-0.05, 0) is 12.8 Å². The largest absolute Gasteiger partial charge is 0.328 e. The SMILES string of the molecule is CCCC(N)CCC=O. The zero-order valence-electron chi connectivity index (χ0n) is 5.97. The van der Waals surface area contributed by atoms with Gasteiger partial charge in [0.2, 0.25) is 0 Å². The molecule has 0 spiro atoms. The maximum absolute atomic E-state index is 9.86. The first-order valence-electron chi connectivity index (χ1n) is 3.50. The Hall–Kier alpha value is -0.370. The summed E-state index contributed by atoms with van der Waals surface area (Å²) in [6.07, 6.45) is 4.53. The number of hydrogen-bond donors (Lipinski definition) is 1. The fraction of sp³-hybridized carbons (Fsp3) is 0.857. The van der Waals surface area contributed by atoms with Crippen LogP contribution in [0.3, 0.4) is 0 Å². The minimum Gasteiger partial charge on any atom is -0.328 e. The minimum atomic E-state index is 0.236. The number of carbonyl (C=O) groups is 1. The van der Waals surface area contributed by atoms with Crippen LogP contribution in [0.2, 0.25) is 0 Å². The highest BCUT2D eigenvalue weighted by Gasteiger charge is 1.97. The van der Waals surface area contributed by atoms with Crippen LogP contribution in [0.4, 0.5) is 0 Å². The molecular formula is C7H15NO. The molecule has 0 radical (unpaired) electrons. The van der Waals surface area contributed by atoms with Crippen molar-refractivity contribution >= 4 is 6.29 Å². The molecule has 0 aromatic heterocycles. The summed E-state index contributed by atoms with van der Waals surface area (Å²) in [6.45, 7) is 2.10. The molecule has 0 heterocycles. The van der Waals surface area contributed by atoms with Gasteiger partial charge in [0.25, 0.3) is 0 Å². The van der Waals surface area contributed by atoms with E-state index in [0.29, 0.717) is 6.42 Å². The van der Waals surface area contributed by atoms with Gasteiger partial charge in [-0.25, -0.2) is 0 Å². The molecule has 0 saturated carbocycles. The number of carbonyl (C=O) groups excluding carboxylic acids is 1. The van der Waals surface area contributed by atoms with E-state index in [9.17, 15) is 4.79 Å². The van der Waals surface area contributed by atoms with Crippen molar-refractivity contribution in [3.05, 3.63) is 0 Å². The van der Waals surface area contributed by atoms with Gasteiger partial charge < -0.3 is 10.5 Å². The summed E-state index contributed by atoms with van der Waals surface area (Å²) in [6, 6.07) is 0.236. The smallest absolute Gasteiger partial charge is 0.120 e. The molecule has 0 aliphatic carbocycles. The Bertz CT molecular complexity index is 73.3. The summed E-state index contributed by atoms with van der Waals surface area (Å²) in [4.78, 5) is 9.86. The van der Waals surface area contributed by atoms with Gasteiger partial charge in [-0.15, -0.1) is 0 Å². The van der Waals surface area contributed by atoms with E-state index in [4.69, 9.17) is 5.73 Å². The van der Waals surface area contributed by atoms with Crippen molar-refractivity contribution < 1.29 is 4.79 Å². The van der Waals surface area contributed by atoms with Gasteiger partial charge in [0, 0.05) is 12.5 Å². The standard InChI is InChI=1S/C7H15NO/c1-2-4-7(8)5-3-6-9/h6-7H,2-5,8H2,1H3. The van der Waals surface area contributed by atoms with Crippen molar-refractivity contribution in [2.24, 2.45) is 5.73 Å². The summed E-state index contributed by atoms with van der Waals surface area (Å²) in [5.41, 5.74) is 5.61. The summed E-state index contributed by atoms with van der Waals surface area (Å²) < 4.78 is 0. The molecule has 0 saturated heterocycles. The maximum atomic E-state index is 9.86. The molecule has 0 aromatic carbocycles. The van der Waals surface area contributed by atoms with Crippen molar-refractivity contribution in [1.82, 2.24) is 0 Å². The molecule has 0 fully saturated rings. The molecule has 0 bridgehead atoms. The van der Waals surface area contributed by atoms with Crippen LogP contribution < -0.4 is 5.73 Å². The van der Waals surface area contributed by atoms with Gasteiger partial charge in [-0.1, -0.05) is 13.3 Å². The van der Waals surface area contributed by atoms with Crippen LogP contribution in [0.1, 0.15) is 32.6 Å². The minimum absolute atomic E-state index is 0.236.